The molecular formula is C24H21ClN4O3. The fourth-order valence-electron chi connectivity index (χ4n) is 3.60. The lowest BCUT2D eigenvalue weighted by atomic mass is 10.1. The molecule has 4 aromatic rings. The number of nitrogens with zero attached hydrogens (tertiary/aromatic N) is 2. The molecular weight excluding hydrogens is 428 g/mol. The number of carbonyl (C=O) groups excluding carboxylic acids is 2. The standard InChI is InChI=1S/C24H21ClN4O3/c1-27-29(2)12-14-3-6-18-20(11-28-21(18)7-14)22(30)13-32-23-10-15-4-5-17(25)8-16(15)9-19(23)24(26)31/h3-11,28H,1,12-13H2,2H3,(H2,26,31). The Balaban J connectivity index is 1.57. The number of aromatic nitrogens is 1. The Hall–Kier alpha value is -3.84. The van der Waals surface area contributed by atoms with E-state index in [1.807, 2.05) is 31.3 Å². The zero-order valence-corrected chi connectivity index (χ0v) is 18.1. The van der Waals surface area contributed by atoms with Crippen molar-refractivity contribution in [3.63, 3.8) is 0 Å². The lowest BCUT2D eigenvalue weighted by molar-refractivity contribution is 0.0914. The van der Waals surface area contributed by atoms with Crippen molar-refractivity contribution in [2.24, 2.45) is 10.8 Å². The minimum atomic E-state index is -0.645. The van der Waals surface area contributed by atoms with Gasteiger partial charge in [-0.25, -0.2) is 0 Å². The van der Waals surface area contributed by atoms with Gasteiger partial charge in [0.05, 0.1) is 12.1 Å². The second-order valence-corrected chi connectivity index (χ2v) is 7.89. The summed E-state index contributed by atoms with van der Waals surface area (Å²) in [5.41, 5.74) is 8.09. The zero-order chi connectivity index (χ0) is 22.8. The summed E-state index contributed by atoms with van der Waals surface area (Å²) in [6.07, 6.45) is 1.66. The molecule has 0 saturated heterocycles. The molecule has 0 radical (unpaired) electrons. The van der Waals surface area contributed by atoms with Crippen molar-refractivity contribution < 1.29 is 14.3 Å². The van der Waals surface area contributed by atoms with E-state index in [4.69, 9.17) is 22.1 Å². The molecule has 1 heterocycles. The second kappa shape index (κ2) is 8.72. The number of benzene rings is 3. The summed E-state index contributed by atoms with van der Waals surface area (Å²) >= 11 is 6.03. The maximum absolute atomic E-state index is 12.9. The van der Waals surface area contributed by atoms with Crippen LogP contribution < -0.4 is 10.5 Å². The van der Waals surface area contributed by atoms with E-state index in [1.165, 1.54) is 0 Å². The van der Waals surface area contributed by atoms with Crippen LogP contribution in [0.25, 0.3) is 21.7 Å². The number of fused-ring (bicyclic) bond motifs is 2. The highest BCUT2D eigenvalue weighted by atomic mass is 35.5. The van der Waals surface area contributed by atoms with Gasteiger partial charge in [-0.1, -0.05) is 29.8 Å². The average molecular weight is 449 g/mol. The topological polar surface area (TPSA) is 101 Å². The molecule has 7 nitrogen and oxygen atoms in total. The predicted molar refractivity (Wildman–Crippen MR) is 127 cm³/mol. The molecule has 162 valence electrons. The van der Waals surface area contributed by atoms with Gasteiger partial charge in [-0.15, -0.1) is 0 Å². The third-order valence-electron chi connectivity index (χ3n) is 5.22. The highest BCUT2D eigenvalue weighted by Crippen LogP contribution is 2.28. The lowest BCUT2D eigenvalue weighted by Crippen LogP contribution is -2.16. The van der Waals surface area contributed by atoms with E-state index in [2.05, 4.69) is 16.8 Å². The summed E-state index contributed by atoms with van der Waals surface area (Å²) in [5, 5.41) is 8.49. The first-order valence-corrected chi connectivity index (χ1v) is 10.2. The number of carbonyl (C=O) groups is 2. The maximum atomic E-state index is 12.9. The smallest absolute Gasteiger partial charge is 0.252 e. The van der Waals surface area contributed by atoms with Crippen molar-refractivity contribution in [3.05, 3.63) is 76.4 Å². The molecule has 0 aliphatic rings. The number of H-pyrrole nitrogens is 1. The van der Waals surface area contributed by atoms with Crippen LogP contribution in [0.3, 0.4) is 0 Å². The summed E-state index contributed by atoms with van der Waals surface area (Å²) < 4.78 is 5.74. The van der Waals surface area contributed by atoms with Crippen molar-refractivity contribution in [3.8, 4) is 5.75 Å². The first kappa shape index (κ1) is 21.4. The molecule has 0 bridgehead atoms. The van der Waals surface area contributed by atoms with Crippen LogP contribution in [-0.4, -0.2) is 42.1 Å². The van der Waals surface area contributed by atoms with Crippen LogP contribution in [0.4, 0.5) is 0 Å². The number of hydrazone groups is 1. The molecule has 0 aliphatic heterocycles. The van der Waals surface area contributed by atoms with Crippen LogP contribution in [0.15, 0.2) is 59.8 Å². The number of Topliss-reactive ketones (excluding diaryl/α,β-unsaturated/α-hetero) is 1. The predicted octanol–water partition coefficient (Wildman–Crippen LogP) is 4.38. The Morgan fingerprint density at radius 2 is 1.94 bits per heavy atom. The molecule has 1 aromatic heterocycles. The van der Waals surface area contributed by atoms with Gasteiger partial charge in [0.1, 0.15) is 5.75 Å². The summed E-state index contributed by atoms with van der Waals surface area (Å²) in [5.74, 6) is -0.615. The highest BCUT2D eigenvalue weighted by Gasteiger charge is 2.17. The van der Waals surface area contributed by atoms with Crippen molar-refractivity contribution in [2.75, 3.05) is 13.7 Å². The molecule has 4 rings (SSSR count). The molecule has 3 N–H and O–H groups in total. The van der Waals surface area contributed by atoms with Gasteiger partial charge in [0.25, 0.3) is 5.91 Å². The number of primary amides is 1. The Bertz CT molecular complexity index is 1360. The number of hydrogen-bond acceptors (Lipinski definition) is 5. The monoisotopic (exact) mass is 448 g/mol. The van der Waals surface area contributed by atoms with Crippen molar-refractivity contribution in [1.29, 1.82) is 0 Å². The SMILES string of the molecule is C=NN(C)Cc1ccc2c(C(=O)COc3cc4ccc(Cl)cc4cc3C(N)=O)c[nH]c2c1. The number of ether oxygens (including phenoxy) is 1. The molecule has 1 amide bonds. The Kier molecular flexibility index (Phi) is 5.83. The fourth-order valence-corrected chi connectivity index (χ4v) is 3.78. The normalized spacial score (nSPS) is 10.9. The van der Waals surface area contributed by atoms with Crippen molar-refractivity contribution >= 4 is 51.7 Å². The Morgan fingerprint density at radius 3 is 2.69 bits per heavy atom. The average Bonchev–Trinajstić information content (AvgIpc) is 3.20. The molecule has 32 heavy (non-hydrogen) atoms. The number of rotatable bonds is 8. The number of amides is 1. The number of ketones is 1. The number of nitrogens with two attached hydrogens (primary N) is 1. The van der Waals surface area contributed by atoms with E-state index in [0.29, 0.717) is 17.1 Å². The quantitative estimate of drug-likeness (QED) is 0.237. The summed E-state index contributed by atoms with van der Waals surface area (Å²) in [4.78, 5) is 27.9. The van der Waals surface area contributed by atoms with E-state index in [-0.39, 0.29) is 23.7 Å². The van der Waals surface area contributed by atoms with Gasteiger partial charge < -0.3 is 15.5 Å². The summed E-state index contributed by atoms with van der Waals surface area (Å²) in [6.45, 7) is 3.87. The Morgan fingerprint density at radius 1 is 1.12 bits per heavy atom. The number of hydrogen-bond donors (Lipinski definition) is 2. The minimum absolute atomic E-state index is 0.191. The lowest BCUT2D eigenvalue weighted by Gasteiger charge is -2.12. The van der Waals surface area contributed by atoms with Gasteiger partial charge in [0, 0.05) is 41.5 Å². The van der Waals surface area contributed by atoms with Gasteiger partial charge >= 0.3 is 0 Å². The molecule has 0 aliphatic carbocycles. The van der Waals surface area contributed by atoms with Crippen LogP contribution in [-0.2, 0) is 6.54 Å². The van der Waals surface area contributed by atoms with Crippen LogP contribution in [0.1, 0.15) is 26.3 Å². The van der Waals surface area contributed by atoms with Gasteiger partial charge in [-0.05, 0) is 46.7 Å². The molecule has 0 unspecified atom stereocenters. The first-order valence-electron chi connectivity index (χ1n) is 9.82. The molecule has 0 spiro atoms. The van der Waals surface area contributed by atoms with E-state index in [1.54, 1.807) is 35.5 Å². The first-order chi connectivity index (χ1) is 15.4. The summed E-state index contributed by atoms with van der Waals surface area (Å²) in [7, 11) is 1.83. The third kappa shape index (κ3) is 4.29. The molecule has 3 aromatic carbocycles. The zero-order valence-electron chi connectivity index (χ0n) is 17.4. The van der Waals surface area contributed by atoms with Crippen LogP contribution >= 0.6 is 11.6 Å². The molecule has 0 saturated carbocycles. The van der Waals surface area contributed by atoms with E-state index >= 15 is 0 Å². The fraction of sp³-hybridized carbons (Fsp3) is 0.125. The van der Waals surface area contributed by atoms with E-state index in [9.17, 15) is 9.59 Å². The van der Waals surface area contributed by atoms with Crippen molar-refractivity contribution in [2.45, 2.75) is 6.54 Å². The minimum Gasteiger partial charge on any atom is -0.485 e. The van der Waals surface area contributed by atoms with Gasteiger partial charge in [-0.2, -0.15) is 5.10 Å². The number of halogens is 1. The van der Waals surface area contributed by atoms with E-state index in [0.717, 1.165) is 27.2 Å². The Labute approximate surface area is 189 Å². The van der Waals surface area contributed by atoms with Crippen molar-refractivity contribution in [1.82, 2.24) is 9.99 Å². The van der Waals surface area contributed by atoms with Gasteiger partial charge in [0.15, 0.2) is 6.61 Å². The largest absolute Gasteiger partial charge is 0.485 e. The maximum Gasteiger partial charge on any atom is 0.252 e. The van der Waals surface area contributed by atoms with Crippen LogP contribution in [0.5, 0.6) is 5.75 Å². The highest BCUT2D eigenvalue weighted by molar-refractivity contribution is 6.31. The number of aromatic amines is 1. The summed E-state index contributed by atoms with van der Waals surface area (Å²) in [6, 6.07) is 14.4. The second-order valence-electron chi connectivity index (χ2n) is 7.46. The molecule has 8 heteroatoms. The van der Waals surface area contributed by atoms with Crippen LogP contribution in [0, 0.1) is 0 Å². The molecule has 0 fully saturated rings. The van der Waals surface area contributed by atoms with Crippen LogP contribution in [0.2, 0.25) is 5.02 Å². The molecule has 0 atom stereocenters. The van der Waals surface area contributed by atoms with E-state index < -0.39 is 5.91 Å². The van der Waals surface area contributed by atoms with Gasteiger partial charge in [-0.3, -0.25) is 14.6 Å². The van der Waals surface area contributed by atoms with Gasteiger partial charge in [0.2, 0.25) is 5.78 Å². The third-order valence-corrected chi connectivity index (χ3v) is 5.46. The number of nitrogens with one attached hydrogen (secondary N) is 1.